The Labute approximate surface area is 301 Å². The molecule has 0 saturated carbocycles. The highest BCUT2D eigenvalue weighted by Crippen LogP contribution is 2.58. The van der Waals surface area contributed by atoms with Gasteiger partial charge in [0, 0.05) is 39.1 Å². The first-order valence-electron chi connectivity index (χ1n) is 18.3. The Hall–Kier alpha value is -6.64. The van der Waals surface area contributed by atoms with Gasteiger partial charge >= 0.3 is 0 Å². The van der Waals surface area contributed by atoms with Crippen LogP contribution in [0.2, 0.25) is 0 Å². The fourth-order valence-electron chi connectivity index (χ4n) is 9.90. The summed E-state index contributed by atoms with van der Waals surface area (Å²) in [6.45, 7) is 0. The van der Waals surface area contributed by atoms with Crippen molar-refractivity contribution < 1.29 is 0 Å². The fraction of sp³-hybridized carbons (Fsp3) is 0.0400. The predicted molar refractivity (Wildman–Crippen MR) is 215 cm³/mol. The molecule has 0 spiro atoms. The van der Waals surface area contributed by atoms with Gasteiger partial charge in [0.25, 0.3) is 0 Å². The maximum Gasteiger partial charge on any atom is 0.0562 e. The smallest absolute Gasteiger partial charge is 0.0562 e. The lowest BCUT2D eigenvalue weighted by Gasteiger charge is -2.42. The van der Waals surface area contributed by atoms with Crippen molar-refractivity contribution in [1.82, 2.24) is 9.13 Å². The molecule has 10 aromatic rings. The van der Waals surface area contributed by atoms with E-state index in [1.54, 1.807) is 0 Å². The highest BCUT2D eigenvalue weighted by molar-refractivity contribution is 6.17. The van der Waals surface area contributed by atoms with Crippen LogP contribution in [0.25, 0.3) is 66.1 Å². The lowest BCUT2D eigenvalue weighted by atomic mass is 9.60. The predicted octanol–water partition coefficient (Wildman–Crippen LogP) is 12.5. The van der Waals surface area contributed by atoms with Crippen LogP contribution < -0.4 is 0 Å². The van der Waals surface area contributed by atoms with E-state index >= 15 is 0 Å². The zero-order valence-corrected chi connectivity index (χ0v) is 28.4. The summed E-state index contributed by atoms with van der Waals surface area (Å²) in [6, 6.07) is 67.6. The van der Waals surface area contributed by atoms with Crippen molar-refractivity contribution in [3.8, 4) is 22.5 Å². The molecule has 2 nitrogen and oxygen atoms in total. The van der Waals surface area contributed by atoms with Gasteiger partial charge in [-0.15, -0.1) is 0 Å². The summed E-state index contributed by atoms with van der Waals surface area (Å²) in [6.07, 6.45) is 0. The topological polar surface area (TPSA) is 9.86 Å². The Morgan fingerprint density at radius 3 is 1.60 bits per heavy atom. The van der Waals surface area contributed by atoms with E-state index in [1.165, 1.54) is 93.8 Å². The van der Waals surface area contributed by atoms with E-state index in [4.69, 9.17) is 0 Å². The van der Waals surface area contributed by atoms with Crippen LogP contribution in [0.1, 0.15) is 45.2 Å². The molecule has 52 heavy (non-hydrogen) atoms. The third kappa shape index (κ3) is 3.63. The molecule has 8 aromatic carbocycles. The van der Waals surface area contributed by atoms with Gasteiger partial charge in [-0.3, -0.25) is 0 Å². The van der Waals surface area contributed by atoms with Crippen LogP contribution in [0.5, 0.6) is 0 Å². The molecule has 0 N–H and O–H groups in total. The van der Waals surface area contributed by atoms with Crippen molar-refractivity contribution in [3.05, 3.63) is 215 Å². The Balaban J connectivity index is 1.16. The molecular weight excluding hydrogens is 629 g/mol. The van der Waals surface area contributed by atoms with Crippen LogP contribution in [0, 0.1) is 0 Å². The molecule has 2 heterocycles. The van der Waals surface area contributed by atoms with Crippen LogP contribution in [-0.4, -0.2) is 9.13 Å². The monoisotopic (exact) mass is 660 g/mol. The van der Waals surface area contributed by atoms with E-state index in [-0.39, 0.29) is 11.8 Å². The largest absolute Gasteiger partial charge is 0.309 e. The number of hydrogen-bond acceptors (Lipinski definition) is 0. The van der Waals surface area contributed by atoms with Gasteiger partial charge in [0.05, 0.1) is 27.8 Å². The molecule has 2 bridgehead atoms. The lowest BCUT2D eigenvalue weighted by Crippen LogP contribution is -2.27. The van der Waals surface area contributed by atoms with Gasteiger partial charge in [0.15, 0.2) is 0 Å². The fourth-order valence-corrected chi connectivity index (χ4v) is 9.90. The van der Waals surface area contributed by atoms with Crippen LogP contribution in [0.15, 0.2) is 182 Å². The number of rotatable bonds is 3. The van der Waals surface area contributed by atoms with E-state index in [2.05, 4.69) is 191 Å². The summed E-state index contributed by atoms with van der Waals surface area (Å²) in [5, 5.41) is 5.21. The molecule has 0 radical (unpaired) electrons. The molecule has 0 atom stereocenters. The molecule has 0 fully saturated rings. The number of nitrogens with zero attached hydrogens (tertiary/aromatic N) is 2. The summed E-state index contributed by atoms with van der Waals surface area (Å²) in [4.78, 5) is 0. The first-order chi connectivity index (χ1) is 25.8. The standard InChI is InChI=1S/C50H32N2/c1-2-14-31(15-3-1)32-16-12-17-33(30-32)51-41-24-10-8-22-38(41)48-43(51)26-13-27-44(48)52-42-25-11-9-23-39(42)49-45(52)29-28-40-46-34-18-4-6-20-36(34)47(50(40)49)37-21-7-5-19-35(37)46/h1-30,46-47H. The molecule has 0 aliphatic heterocycles. The third-order valence-electron chi connectivity index (χ3n) is 11.9. The number of fused-ring (bicyclic) bond motifs is 6. The summed E-state index contributed by atoms with van der Waals surface area (Å²) < 4.78 is 4.99. The average Bonchev–Trinajstić information content (AvgIpc) is 3.74. The zero-order chi connectivity index (χ0) is 33.9. The van der Waals surface area contributed by atoms with Gasteiger partial charge < -0.3 is 9.13 Å². The normalized spacial score (nSPS) is 15.7. The maximum absolute atomic E-state index is 2.55. The highest BCUT2D eigenvalue weighted by Gasteiger charge is 2.42. The van der Waals surface area contributed by atoms with Gasteiger partial charge in [-0.1, -0.05) is 140 Å². The van der Waals surface area contributed by atoms with Crippen LogP contribution in [0.4, 0.5) is 0 Å². The molecule has 0 saturated heterocycles. The van der Waals surface area contributed by atoms with Crippen molar-refractivity contribution in [2.75, 3.05) is 0 Å². The van der Waals surface area contributed by atoms with Gasteiger partial charge in [-0.25, -0.2) is 0 Å². The Morgan fingerprint density at radius 2 is 0.865 bits per heavy atom. The van der Waals surface area contributed by atoms with Crippen molar-refractivity contribution >= 4 is 43.6 Å². The van der Waals surface area contributed by atoms with Gasteiger partial charge in [-0.2, -0.15) is 0 Å². The zero-order valence-electron chi connectivity index (χ0n) is 28.4. The first kappa shape index (κ1) is 28.1. The Bertz CT molecular complexity index is 3040. The van der Waals surface area contributed by atoms with Gasteiger partial charge in [-0.05, 0) is 87.0 Å². The minimum atomic E-state index is 0.199. The second kappa shape index (κ2) is 10.4. The van der Waals surface area contributed by atoms with Crippen molar-refractivity contribution in [3.63, 3.8) is 0 Å². The average molecular weight is 661 g/mol. The molecule has 13 rings (SSSR count). The summed E-state index contributed by atoms with van der Waals surface area (Å²) in [5.41, 5.74) is 18.4. The molecule has 2 heteroatoms. The van der Waals surface area contributed by atoms with E-state index < -0.39 is 0 Å². The molecule has 3 aliphatic carbocycles. The summed E-state index contributed by atoms with van der Waals surface area (Å²) >= 11 is 0. The van der Waals surface area contributed by atoms with Gasteiger partial charge in [0.2, 0.25) is 0 Å². The number of para-hydroxylation sites is 2. The number of aromatic nitrogens is 2. The molecule has 3 aliphatic rings. The second-order valence-electron chi connectivity index (χ2n) is 14.4. The minimum Gasteiger partial charge on any atom is -0.309 e. The van der Waals surface area contributed by atoms with Crippen LogP contribution >= 0.6 is 0 Å². The van der Waals surface area contributed by atoms with E-state index in [0.29, 0.717) is 0 Å². The Kier molecular flexibility index (Phi) is 5.64. The lowest BCUT2D eigenvalue weighted by molar-refractivity contribution is 0.761. The van der Waals surface area contributed by atoms with Gasteiger partial charge in [0.1, 0.15) is 0 Å². The van der Waals surface area contributed by atoms with E-state index in [0.717, 1.165) is 5.69 Å². The van der Waals surface area contributed by atoms with Crippen molar-refractivity contribution in [2.45, 2.75) is 11.8 Å². The highest BCUT2D eigenvalue weighted by atomic mass is 15.0. The Morgan fingerprint density at radius 1 is 0.327 bits per heavy atom. The third-order valence-corrected chi connectivity index (χ3v) is 11.9. The van der Waals surface area contributed by atoms with E-state index in [1.807, 2.05) is 0 Å². The molecular formula is C50H32N2. The van der Waals surface area contributed by atoms with Crippen molar-refractivity contribution in [2.24, 2.45) is 0 Å². The number of benzene rings is 8. The molecule has 0 unspecified atom stereocenters. The van der Waals surface area contributed by atoms with E-state index in [9.17, 15) is 0 Å². The molecule has 2 aromatic heterocycles. The summed E-state index contributed by atoms with van der Waals surface area (Å²) in [5.74, 6) is 0.442. The summed E-state index contributed by atoms with van der Waals surface area (Å²) in [7, 11) is 0. The minimum absolute atomic E-state index is 0.199. The quantitative estimate of drug-likeness (QED) is 0.178. The SMILES string of the molecule is c1ccc(-c2cccc(-n3c4ccccc4c4c(-n5c6ccccc6c6c7c(ccc65)C5c6ccccc6C7c6ccccc65)cccc43)c2)cc1. The van der Waals surface area contributed by atoms with Crippen LogP contribution in [-0.2, 0) is 0 Å². The number of hydrogen-bond donors (Lipinski definition) is 0. The van der Waals surface area contributed by atoms with Crippen molar-refractivity contribution in [1.29, 1.82) is 0 Å². The molecule has 0 amide bonds. The molecule has 242 valence electrons. The first-order valence-corrected chi connectivity index (χ1v) is 18.3. The van der Waals surface area contributed by atoms with Crippen LogP contribution in [0.3, 0.4) is 0 Å². The second-order valence-corrected chi connectivity index (χ2v) is 14.4. The maximum atomic E-state index is 2.55.